The molecule has 0 aromatic carbocycles. The van der Waals surface area contributed by atoms with Gasteiger partial charge >= 0.3 is 0 Å². The van der Waals surface area contributed by atoms with Crippen molar-refractivity contribution in [2.45, 2.75) is 0 Å². The maximum absolute atomic E-state index is 6.67. The molecule has 0 radical (unpaired) electrons. The minimum atomic E-state index is 0.506. The normalized spacial score (nSPS) is 8.30. The van der Waals surface area contributed by atoms with Gasteiger partial charge in [0.15, 0.2) is 0 Å². The molecular weight excluding hydrogens is 126 g/mol. The van der Waals surface area contributed by atoms with E-state index in [-0.39, 0.29) is 0 Å². The summed E-state index contributed by atoms with van der Waals surface area (Å²) >= 11 is 0. The molecule has 0 aliphatic carbocycles. The van der Waals surface area contributed by atoms with Crippen molar-refractivity contribution in [3.05, 3.63) is 35.0 Å². The highest BCUT2D eigenvalue weighted by molar-refractivity contribution is 5.51. The van der Waals surface area contributed by atoms with Crippen LogP contribution in [-0.4, -0.2) is 4.57 Å². The van der Waals surface area contributed by atoms with E-state index in [4.69, 9.17) is 13.1 Å². The molecule has 1 aromatic heterocycles. The Hall–Kier alpha value is -1.74. The quantitative estimate of drug-likeness (QED) is 0.479. The Morgan fingerprint density at radius 2 is 1.60 bits per heavy atom. The Bertz CT molecular complexity index is 290. The smallest absolute Gasteiger partial charge is 0.216 e. The molecule has 0 bridgehead atoms. The standard InChI is InChI=1S/C7H5N3/c1-8-6-4-5-7(9-2)10(6)3/h4-5H,3H3. The summed E-state index contributed by atoms with van der Waals surface area (Å²) in [6.07, 6.45) is 0. The molecule has 1 aromatic rings. The molecule has 1 heterocycles. The second-order valence-electron chi connectivity index (χ2n) is 1.83. The monoisotopic (exact) mass is 131 g/mol. The van der Waals surface area contributed by atoms with Crippen LogP contribution in [0.5, 0.6) is 0 Å². The highest BCUT2D eigenvalue weighted by atomic mass is 15.1. The molecule has 48 valence electrons. The molecule has 0 aliphatic rings. The van der Waals surface area contributed by atoms with Crippen LogP contribution in [0.3, 0.4) is 0 Å². The van der Waals surface area contributed by atoms with Gasteiger partial charge in [-0.1, -0.05) is 25.3 Å². The van der Waals surface area contributed by atoms with Crippen molar-refractivity contribution >= 4 is 11.6 Å². The van der Waals surface area contributed by atoms with Crippen LogP contribution >= 0.6 is 0 Å². The molecule has 0 saturated heterocycles. The second kappa shape index (κ2) is 2.24. The van der Waals surface area contributed by atoms with Gasteiger partial charge < -0.3 is 14.3 Å². The van der Waals surface area contributed by atoms with Crippen molar-refractivity contribution in [1.82, 2.24) is 4.57 Å². The molecule has 0 saturated carbocycles. The topological polar surface area (TPSA) is 13.7 Å². The molecule has 1 rings (SSSR count). The highest BCUT2D eigenvalue weighted by Crippen LogP contribution is 2.21. The molecule has 0 unspecified atom stereocenters. The van der Waals surface area contributed by atoms with Crippen LogP contribution in [0.1, 0.15) is 0 Å². The lowest BCUT2D eigenvalue weighted by Crippen LogP contribution is -1.81. The van der Waals surface area contributed by atoms with E-state index >= 15 is 0 Å². The van der Waals surface area contributed by atoms with Crippen molar-refractivity contribution in [3.63, 3.8) is 0 Å². The Kier molecular flexibility index (Phi) is 1.43. The summed E-state index contributed by atoms with van der Waals surface area (Å²) in [5, 5.41) is 0. The number of aromatic nitrogens is 1. The summed E-state index contributed by atoms with van der Waals surface area (Å²) < 4.78 is 1.57. The number of hydrogen-bond donors (Lipinski definition) is 0. The zero-order valence-corrected chi connectivity index (χ0v) is 5.50. The summed E-state index contributed by atoms with van der Waals surface area (Å²) in [5.74, 6) is 1.01. The van der Waals surface area contributed by atoms with Gasteiger partial charge in [-0.3, -0.25) is 0 Å². The first kappa shape index (κ1) is 6.38. The van der Waals surface area contributed by atoms with Crippen LogP contribution in [-0.2, 0) is 7.05 Å². The first-order valence-corrected chi connectivity index (χ1v) is 2.70. The zero-order valence-electron chi connectivity index (χ0n) is 5.50. The Morgan fingerprint density at radius 3 is 1.80 bits per heavy atom. The molecule has 0 spiro atoms. The molecule has 3 heteroatoms. The predicted molar refractivity (Wildman–Crippen MR) is 37.9 cm³/mol. The van der Waals surface area contributed by atoms with Crippen LogP contribution in [0.25, 0.3) is 9.69 Å². The third kappa shape index (κ3) is 0.744. The van der Waals surface area contributed by atoms with Gasteiger partial charge in [-0.2, -0.15) is 0 Å². The van der Waals surface area contributed by atoms with E-state index < -0.39 is 0 Å². The van der Waals surface area contributed by atoms with Crippen molar-refractivity contribution in [2.75, 3.05) is 0 Å². The average Bonchev–Trinajstić information content (AvgIpc) is 2.30. The van der Waals surface area contributed by atoms with E-state index in [9.17, 15) is 0 Å². The van der Waals surface area contributed by atoms with E-state index in [1.165, 1.54) is 0 Å². The molecule has 3 nitrogen and oxygen atoms in total. The van der Waals surface area contributed by atoms with Crippen LogP contribution in [0.2, 0.25) is 0 Å². The van der Waals surface area contributed by atoms with Crippen molar-refractivity contribution < 1.29 is 0 Å². The van der Waals surface area contributed by atoms with E-state index in [0.717, 1.165) is 0 Å². The van der Waals surface area contributed by atoms with Gasteiger partial charge in [0.25, 0.3) is 0 Å². The number of rotatable bonds is 0. The van der Waals surface area contributed by atoms with Crippen molar-refractivity contribution in [3.8, 4) is 0 Å². The molecular formula is C7H5N3. The lowest BCUT2D eigenvalue weighted by atomic mass is 10.6. The van der Waals surface area contributed by atoms with Crippen LogP contribution in [0.15, 0.2) is 12.1 Å². The minimum absolute atomic E-state index is 0.506. The third-order valence-electron chi connectivity index (χ3n) is 1.30. The SMILES string of the molecule is [C-]#[N+]c1ccc([N+]#[C-])n1C. The van der Waals surface area contributed by atoms with Crippen molar-refractivity contribution in [2.24, 2.45) is 7.05 Å². The van der Waals surface area contributed by atoms with E-state index in [1.54, 1.807) is 23.7 Å². The molecule has 10 heavy (non-hydrogen) atoms. The van der Waals surface area contributed by atoms with Gasteiger partial charge in [0, 0.05) is 0 Å². The van der Waals surface area contributed by atoms with Gasteiger partial charge in [-0.05, 0) is 0 Å². The first-order chi connectivity index (χ1) is 4.79. The lowest BCUT2D eigenvalue weighted by molar-refractivity contribution is 0.967. The molecule has 0 atom stereocenters. The summed E-state index contributed by atoms with van der Waals surface area (Å²) in [7, 11) is 1.71. The third-order valence-corrected chi connectivity index (χ3v) is 1.30. The maximum atomic E-state index is 6.67. The summed E-state index contributed by atoms with van der Waals surface area (Å²) in [6, 6.07) is 3.28. The number of nitrogens with zero attached hydrogens (tertiary/aromatic N) is 3. The molecule has 0 amide bonds. The van der Waals surface area contributed by atoms with E-state index in [1.807, 2.05) is 0 Å². The van der Waals surface area contributed by atoms with E-state index in [2.05, 4.69) is 9.69 Å². The minimum Gasteiger partial charge on any atom is -0.366 e. The van der Waals surface area contributed by atoms with Gasteiger partial charge in [0.2, 0.25) is 11.6 Å². The lowest BCUT2D eigenvalue weighted by Gasteiger charge is -1.94. The van der Waals surface area contributed by atoms with Gasteiger partial charge in [0.05, 0.1) is 7.05 Å². The Balaban J connectivity index is 3.28. The van der Waals surface area contributed by atoms with E-state index in [0.29, 0.717) is 11.6 Å². The average molecular weight is 131 g/mol. The molecule has 0 fully saturated rings. The van der Waals surface area contributed by atoms with Gasteiger partial charge in [0.1, 0.15) is 0 Å². The van der Waals surface area contributed by atoms with Crippen molar-refractivity contribution in [1.29, 1.82) is 0 Å². The van der Waals surface area contributed by atoms with Crippen LogP contribution in [0.4, 0.5) is 11.6 Å². The summed E-state index contributed by atoms with van der Waals surface area (Å²) in [6.45, 7) is 13.3. The predicted octanol–water partition coefficient (Wildman–Crippen LogP) is 2.13. The fourth-order valence-corrected chi connectivity index (χ4v) is 0.715. The fourth-order valence-electron chi connectivity index (χ4n) is 0.715. The largest absolute Gasteiger partial charge is 0.366 e. The zero-order chi connectivity index (χ0) is 7.56. The summed E-state index contributed by atoms with van der Waals surface area (Å²) in [4.78, 5) is 6.42. The first-order valence-electron chi connectivity index (χ1n) is 2.70. The van der Waals surface area contributed by atoms with Gasteiger partial charge in [-0.15, -0.1) is 0 Å². The summed E-state index contributed by atoms with van der Waals surface area (Å²) in [5.41, 5.74) is 0. The molecule has 0 N–H and O–H groups in total. The van der Waals surface area contributed by atoms with Crippen LogP contribution in [0, 0.1) is 13.1 Å². The number of hydrogen-bond acceptors (Lipinski definition) is 0. The Morgan fingerprint density at radius 1 is 1.20 bits per heavy atom. The maximum Gasteiger partial charge on any atom is 0.216 e. The highest BCUT2D eigenvalue weighted by Gasteiger charge is 1.98. The molecule has 0 aliphatic heterocycles. The van der Waals surface area contributed by atoms with Crippen LogP contribution < -0.4 is 0 Å². The fraction of sp³-hybridized carbons (Fsp3) is 0.143. The Labute approximate surface area is 59.2 Å². The van der Waals surface area contributed by atoms with Gasteiger partial charge in [-0.25, -0.2) is 0 Å². The second-order valence-corrected chi connectivity index (χ2v) is 1.83.